The molecular weight excluding hydrogens is 317 g/mol. The van der Waals surface area contributed by atoms with Crippen molar-refractivity contribution in [1.82, 2.24) is 5.32 Å². The molecule has 7 heteroatoms. The Balaban J connectivity index is 2.06. The number of rotatable bonds is 3. The topological polar surface area (TPSA) is 41.1 Å². The third kappa shape index (κ3) is 3.71. The van der Waals surface area contributed by atoms with Crippen LogP contribution in [-0.2, 0) is 0 Å². The Morgan fingerprint density at radius 3 is 2.55 bits per heavy atom. The van der Waals surface area contributed by atoms with Crippen LogP contribution in [0.5, 0.6) is 0 Å². The molecule has 22 heavy (non-hydrogen) atoms. The molecule has 0 fully saturated rings. The number of halogens is 4. The van der Waals surface area contributed by atoms with Gasteiger partial charge >= 0.3 is 6.03 Å². The van der Waals surface area contributed by atoms with Crippen molar-refractivity contribution in [2.75, 3.05) is 5.32 Å². The highest BCUT2D eigenvalue weighted by Crippen LogP contribution is 2.20. The first-order valence-corrected chi connectivity index (χ1v) is 6.72. The lowest BCUT2D eigenvalue weighted by molar-refractivity contribution is 0.249. The molecule has 2 amide bonds. The van der Waals surface area contributed by atoms with E-state index in [-0.39, 0.29) is 0 Å². The number of benzene rings is 2. The van der Waals surface area contributed by atoms with Crippen molar-refractivity contribution in [3.63, 3.8) is 0 Å². The van der Waals surface area contributed by atoms with Gasteiger partial charge in [-0.15, -0.1) is 0 Å². The smallest absolute Gasteiger partial charge is 0.319 e. The molecule has 0 aromatic heterocycles. The van der Waals surface area contributed by atoms with Gasteiger partial charge in [-0.1, -0.05) is 23.7 Å². The van der Waals surface area contributed by atoms with E-state index in [4.69, 9.17) is 11.6 Å². The Labute approximate surface area is 130 Å². The zero-order valence-corrected chi connectivity index (χ0v) is 12.2. The third-order valence-electron chi connectivity index (χ3n) is 2.98. The monoisotopic (exact) mass is 328 g/mol. The summed E-state index contributed by atoms with van der Waals surface area (Å²) in [6.45, 7) is 1.70. The van der Waals surface area contributed by atoms with Gasteiger partial charge in [-0.2, -0.15) is 0 Å². The molecule has 0 unspecified atom stereocenters. The SMILES string of the molecule is C[C@@H](NC(=O)Nc1ccc(F)c(F)c1F)c1cccc(Cl)c1. The molecule has 0 radical (unpaired) electrons. The summed E-state index contributed by atoms with van der Waals surface area (Å²) in [5, 5.41) is 5.18. The van der Waals surface area contributed by atoms with Crippen LogP contribution < -0.4 is 10.6 Å². The van der Waals surface area contributed by atoms with Crippen LogP contribution in [0.15, 0.2) is 36.4 Å². The molecule has 0 aliphatic heterocycles. The first-order valence-electron chi connectivity index (χ1n) is 6.35. The molecule has 0 bridgehead atoms. The van der Waals surface area contributed by atoms with Gasteiger partial charge in [-0.3, -0.25) is 0 Å². The van der Waals surface area contributed by atoms with Crippen LogP contribution in [0.3, 0.4) is 0 Å². The van der Waals surface area contributed by atoms with Crippen LogP contribution in [0.2, 0.25) is 5.02 Å². The molecule has 2 aromatic carbocycles. The third-order valence-corrected chi connectivity index (χ3v) is 3.21. The maximum Gasteiger partial charge on any atom is 0.319 e. The fourth-order valence-electron chi connectivity index (χ4n) is 1.84. The first kappa shape index (κ1) is 16.2. The van der Waals surface area contributed by atoms with E-state index in [2.05, 4.69) is 10.6 Å². The van der Waals surface area contributed by atoms with Gasteiger partial charge in [0, 0.05) is 5.02 Å². The van der Waals surface area contributed by atoms with E-state index < -0.39 is 35.2 Å². The minimum atomic E-state index is -1.64. The second kappa shape index (κ2) is 6.70. The van der Waals surface area contributed by atoms with Crippen molar-refractivity contribution in [1.29, 1.82) is 0 Å². The zero-order valence-electron chi connectivity index (χ0n) is 11.5. The summed E-state index contributed by atoms with van der Waals surface area (Å²) in [6.07, 6.45) is 0. The summed E-state index contributed by atoms with van der Waals surface area (Å²) >= 11 is 5.85. The van der Waals surface area contributed by atoms with E-state index in [0.29, 0.717) is 5.02 Å². The van der Waals surface area contributed by atoms with Crippen molar-refractivity contribution in [3.05, 3.63) is 64.4 Å². The molecule has 0 spiro atoms. The average Bonchev–Trinajstić information content (AvgIpc) is 2.48. The van der Waals surface area contributed by atoms with E-state index in [1.807, 2.05) is 0 Å². The lowest BCUT2D eigenvalue weighted by atomic mass is 10.1. The van der Waals surface area contributed by atoms with E-state index in [0.717, 1.165) is 17.7 Å². The Hall–Kier alpha value is -2.21. The summed E-state index contributed by atoms with van der Waals surface area (Å²) in [6, 6.07) is 7.35. The van der Waals surface area contributed by atoms with Gasteiger partial charge < -0.3 is 10.6 Å². The number of carbonyl (C=O) groups excluding carboxylic acids is 1. The zero-order chi connectivity index (χ0) is 16.3. The predicted octanol–water partition coefficient (Wildman–Crippen LogP) is 4.64. The van der Waals surface area contributed by atoms with Gasteiger partial charge in [-0.05, 0) is 36.8 Å². The highest BCUT2D eigenvalue weighted by Gasteiger charge is 2.16. The Morgan fingerprint density at radius 2 is 1.86 bits per heavy atom. The Morgan fingerprint density at radius 1 is 1.14 bits per heavy atom. The molecule has 2 aromatic rings. The molecule has 0 saturated heterocycles. The second-order valence-corrected chi connectivity index (χ2v) is 5.03. The summed E-state index contributed by atoms with van der Waals surface area (Å²) in [5.74, 6) is -4.41. The molecule has 0 heterocycles. The summed E-state index contributed by atoms with van der Waals surface area (Å²) < 4.78 is 39.3. The van der Waals surface area contributed by atoms with E-state index in [9.17, 15) is 18.0 Å². The largest absolute Gasteiger partial charge is 0.331 e. The summed E-state index contributed by atoms with van der Waals surface area (Å²) in [5.41, 5.74) is 0.295. The van der Waals surface area contributed by atoms with Gasteiger partial charge in [0.1, 0.15) is 0 Å². The van der Waals surface area contributed by atoms with Crippen LogP contribution in [0.4, 0.5) is 23.7 Å². The van der Waals surface area contributed by atoms with Crippen molar-refractivity contribution < 1.29 is 18.0 Å². The molecule has 3 nitrogen and oxygen atoms in total. The number of hydrogen-bond donors (Lipinski definition) is 2. The quantitative estimate of drug-likeness (QED) is 0.792. The molecule has 0 aliphatic rings. The lowest BCUT2D eigenvalue weighted by Gasteiger charge is -2.15. The first-order chi connectivity index (χ1) is 10.4. The molecule has 0 aliphatic carbocycles. The van der Waals surface area contributed by atoms with Gasteiger partial charge in [0.05, 0.1) is 11.7 Å². The fraction of sp³-hybridized carbons (Fsp3) is 0.133. The van der Waals surface area contributed by atoms with Crippen molar-refractivity contribution in [3.8, 4) is 0 Å². The molecular formula is C15H12ClF3N2O. The molecule has 2 rings (SSSR count). The number of anilines is 1. The predicted molar refractivity (Wildman–Crippen MR) is 78.3 cm³/mol. The average molecular weight is 329 g/mol. The standard InChI is InChI=1S/C15H12ClF3N2O/c1-8(9-3-2-4-10(16)7-9)20-15(22)21-12-6-5-11(17)13(18)14(12)19/h2-8H,1H3,(H2,20,21,22)/t8-/m1/s1. The minimum absolute atomic E-state index is 0.410. The second-order valence-electron chi connectivity index (χ2n) is 4.60. The van der Waals surface area contributed by atoms with Gasteiger partial charge in [-0.25, -0.2) is 18.0 Å². The number of nitrogens with one attached hydrogen (secondary N) is 2. The summed E-state index contributed by atoms with van der Waals surface area (Å²) in [4.78, 5) is 11.8. The normalized spacial score (nSPS) is 11.9. The van der Waals surface area contributed by atoms with Crippen molar-refractivity contribution >= 4 is 23.3 Å². The summed E-state index contributed by atoms with van der Waals surface area (Å²) in [7, 11) is 0. The van der Waals surface area contributed by atoms with E-state index in [1.54, 1.807) is 31.2 Å². The minimum Gasteiger partial charge on any atom is -0.331 e. The van der Waals surface area contributed by atoms with Crippen molar-refractivity contribution in [2.24, 2.45) is 0 Å². The van der Waals surface area contributed by atoms with Crippen LogP contribution in [-0.4, -0.2) is 6.03 Å². The van der Waals surface area contributed by atoms with Gasteiger partial charge in [0.15, 0.2) is 17.5 Å². The maximum absolute atomic E-state index is 13.5. The van der Waals surface area contributed by atoms with Crippen LogP contribution in [0, 0.1) is 17.5 Å². The number of carbonyl (C=O) groups is 1. The lowest BCUT2D eigenvalue weighted by Crippen LogP contribution is -2.31. The maximum atomic E-state index is 13.5. The number of hydrogen-bond acceptors (Lipinski definition) is 1. The van der Waals surface area contributed by atoms with Crippen LogP contribution >= 0.6 is 11.6 Å². The van der Waals surface area contributed by atoms with E-state index in [1.165, 1.54) is 0 Å². The fourth-order valence-corrected chi connectivity index (χ4v) is 2.04. The molecule has 2 N–H and O–H groups in total. The van der Waals surface area contributed by atoms with Crippen LogP contribution in [0.1, 0.15) is 18.5 Å². The Kier molecular flexibility index (Phi) is 4.92. The Bertz CT molecular complexity index is 709. The number of amides is 2. The van der Waals surface area contributed by atoms with Crippen molar-refractivity contribution in [2.45, 2.75) is 13.0 Å². The van der Waals surface area contributed by atoms with Gasteiger partial charge in [0.25, 0.3) is 0 Å². The van der Waals surface area contributed by atoms with Crippen LogP contribution in [0.25, 0.3) is 0 Å². The van der Waals surface area contributed by atoms with Gasteiger partial charge in [0.2, 0.25) is 0 Å². The highest BCUT2D eigenvalue weighted by molar-refractivity contribution is 6.30. The van der Waals surface area contributed by atoms with E-state index >= 15 is 0 Å². The molecule has 116 valence electrons. The number of urea groups is 1. The molecule has 0 saturated carbocycles. The molecule has 1 atom stereocenters. The highest BCUT2D eigenvalue weighted by atomic mass is 35.5.